The van der Waals surface area contributed by atoms with Gasteiger partial charge in [-0.1, -0.05) is 18.2 Å². The average Bonchev–Trinajstić information content (AvgIpc) is 2.67. The summed E-state index contributed by atoms with van der Waals surface area (Å²) in [6, 6.07) is 5.86. The third-order valence-corrected chi connectivity index (χ3v) is 2.88. The Morgan fingerprint density at radius 2 is 2.38 bits per heavy atom. The van der Waals surface area contributed by atoms with Gasteiger partial charge in [0.05, 0.1) is 0 Å². The van der Waals surface area contributed by atoms with Crippen LogP contribution < -0.4 is 10.6 Å². The lowest BCUT2D eigenvalue weighted by atomic mass is 10.1. The number of para-hydroxylation sites is 1. The lowest BCUT2D eigenvalue weighted by Crippen LogP contribution is -2.30. The molecule has 1 aromatic carbocycles. The maximum atomic E-state index is 11.0. The summed E-state index contributed by atoms with van der Waals surface area (Å²) in [5.41, 5.74) is 1.75. The molecule has 1 atom stereocenters. The van der Waals surface area contributed by atoms with Crippen LogP contribution in [-0.4, -0.2) is 23.6 Å². The van der Waals surface area contributed by atoms with E-state index in [1.807, 2.05) is 25.1 Å². The van der Waals surface area contributed by atoms with Crippen LogP contribution in [0.4, 0.5) is 0 Å². The molecule has 2 rings (SSSR count). The average molecular weight is 220 g/mol. The number of aryl methyl sites for hydroxylation is 1. The van der Waals surface area contributed by atoms with Crippen molar-refractivity contribution in [3.8, 4) is 5.75 Å². The summed E-state index contributed by atoms with van der Waals surface area (Å²) >= 11 is 0. The number of carbonyl (C=O) groups excluding carboxylic acids is 1. The summed E-state index contributed by atoms with van der Waals surface area (Å²) in [5.74, 6) is 0.429. The number of amides is 1. The lowest BCUT2D eigenvalue weighted by Gasteiger charge is -2.12. The number of phenolic OH excluding ortho intramolecular Hbond substituents is 1. The van der Waals surface area contributed by atoms with Crippen molar-refractivity contribution in [2.24, 2.45) is 0 Å². The topological polar surface area (TPSA) is 61.4 Å². The van der Waals surface area contributed by atoms with E-state index in [9.17, 15) is 9.90 Å². The monoisotopic (exact) mass is 220 g/mol. The molecule has 0 bridgehead atoms. The highest BCUT2D eigenvalue weighted by molar-refractivity contribution is 5.78. The number of benzene rings is 1. The van der Waals surface area contributed by atoms with Gasteiger partial charge in [0.1, 0.15) is 5.75 Å². The third-order valence-electron chi connectivity index (χ3n) is 2.88. The van der Waals surface area contributed by atoms with E-state index < -0.39 is 0 Å². The second-order valence-corrected chi connectivity index (χ2v) is 4.17. The van der Waals surface area contributed by atoms with Gasteiger partial charge >= 0.3 is 0 Å². The number of hydrogen-bond donors (Lipinski definition) is 3. The number of phenols is 1. The van der Waals surface area contributed by atoms with E-state index in [1.165, 1.54) is 0 Å². The van der Waals surface area contributed by atoms with E-state index in [4.69, 9.17) is 0 Å². The Kier molecular flexibility index (Phi) is 3.10. The van der Waals surface area contributed by atoms with Crippen molar-refractivity contribution in [3.63, 3.8) is 0 Å². The maximum Gasteiger partial charge on any atom is 0.221 e. The fourth-order valence-electron chi connectivity index (χ4n) is 1.87. The molecule has 3 N–H and O–H groups in total. The Labute approximate surface area is 94.7 Å². The highest BCUT2D eigenvalue weighted by atomic mass is 16.3. The summed E-state index contributed by atoms with van der Waals surface area (Å²) in [7, 11) is 0. The van der Waals surface area contributed by atoms with Crippen molar-refractivity contribution in [3.05, 3.63) is 29.3 Å². The van der Waals surface area contributed by atoms with Crippen molar-refractivity contribution in [1.29, 1.82) is 0 Å². The van der Waals surface area contributed by atoms with Crippen LogP contribution >= 0.6 is 0 Å². The van der Waals surface area contributed by atoms with Crippen LogP contribution in [0, 0.1) is 6.92 Å². The second-order valence-electron chi connectivity index (χ2n) is 4.17. The largest absolute Gasteiger partial charge is 0.507 e. The summed E-state index contributed by atoms with van der Waals surface area (Å²) in [4.78, 5) is 11.0. The molecular weight excluding hydrogens is 204 g/mol. The standard InChI is InChI=1S/C12H16N2O2/c1-8-3-2-4-9(12(8)16)6-13-10-5-11(15)14-7-10/h2-4,10,13,16H,5-7H2,1H3,(H,14,15). The van der Waals surface area contributed by atoms with Gasteiger partial charge in [-0.15, -0.1) is 0 Å². The molecule has 1 aliphatic heterocycles. The summed E-state index contributed by atoms with van der Waals surface area (Å²) < 4.78 is 0. The molecule has 0 aromatic heterocycles. The van der Waals surface area contributed by atoms with Crippen LogP contribution in [-0.2, 0) is 11.3 Å². The molecule has 0 radical (unpaired) electrons. The van der Waals surface area contributed by atoms with E-state index in [1.54, 1.807) is 0 Å². The second kappa shape index (κ2) is 4.53. The van der Waals surface area contributed by atoms with Crippen molar-refractivity contribution in [2.75, 3.05) is 6.54 Å². The molecule has 0 saturated carbocycles. The zero-order chi connectivity index (χ0) is 11.5. The van der Waals surface area contributed by atoms with Gasteiger partial charge in [0.25, 0.3) is 0 Å². The van der Waals surface area contributed by atoms with E-state index in [-0.39, 0.29) is 11.9 Å². The zero-order valence-corrected chi connectivity index (χ0v) is 9.29. The first-order valence-corrected chi connectivity index (χ1v) is 5.44. The third kappa shape index (κ3) is 2.33. The Bertz CT molecular complexity index is 404. The van der Waals surface area contributed by atoms with Crippen LogP contribution in [0.5, 0.6) is 5.75 Å². The van der Waals surface area contributed by atoms with Crippen molar-refractivity contribution >= 4 is 5.91 Å². The quantitative estimate of drug-likeness (QED) is 0.702. The number of carbonyl (C=O) groups is 1. The van der Waals surface area contributed by atoms with Gasteiger partial charge in [-0.2, -0.15) is 0 Å². The highest BCUT2D eigenvalue weighted by Crippen LogP contribution is 2.21. The van der Waals surface area contributed by atoms with Crippen LogP contribution in [0.3, 0.4) is 0 Å². The van der Waals surface area contributed by atoms with Crippen LogP contribution in [0.15, 0.2) is 18.2 Å². The first-order chi connectivity index (χ1) is 7.66. The fourth-order valence-corrected chi connectivity index (χ4v) is 1.87. The first kappa shape index (κ1) is 11.0. The molecule has 16 heavy (non-hydrogen) atoms. The number of rotatable bonds is 3. The smallest absolute Gasteiger partial charge is 0.221 e. The first-order valence-electron chi connectivity index (χ1n) is 5.44. The molecule has 1 unspecified atom stereocenters. The SMILES string of the molecule is Cc1cccc(CNC2CNC(=O)C2)c1O. The minimum Gasteiger partial charge on any atom is -0.507 e. The molecule has 1 heterocycles. The van der Waals surface area contributed by atoms with E-state index in [2.05, 4.69) is 10.6 Å². The van der Waals surface area contributed by atoms with Crippen molar-refractivity contribution in [2.45, 2.75) is 25.9 Å². The van der Waals surface area contributed by atoms with Crippen LogP contribution in [0.2, 0.25) is 0 Å². The number of hydrogen-bond acceptors (Lipinski definition) is 3. The van der Waals surface area contributed by atoms with E-state index in [0.29, 0.717) is 25.3 Å². The molecule has 4 nitrogen and oxygen atoms in total. The normalized spacial score (nSPS) is 19.8. The van der Waals surface area contributed by atoms with E-state index in [0.717, 1.165) is 11.1 Å². The highest BCUT2D eigenvalue weighted by Gasteiger charge is 2.20. The van der Waals surface area contributed by atoms with Gasteiger partial charge in [0.2, 0.25) is 5.91 Å². The number of aromatic hydroxyl groups is 1. The summed E-state index contributed by atoms with van der Waals surface area (Å²) in [6.45, 7) is 3.14. The minimum atomic E-state index is 0.0889. The van der Waals surface area contributed by atoms with E-state index >= 15 is 0 Å². The Hall–Kier alpha value is -1.55. The predicted molar refractivity (Wildman–Crippen MR) is 61.1 cm³/mol. The van der Waals surface area contributed by atoms with Crippen molar-refractivity contribution < 1.29 is 9.90 Å². The van der Waals surface area contributed by atoms with Gasteiger partial charge < -0.3 is 15.7 Å². The van der Waals surface area contributed by atoms with Crippen LogP contribution in [0.1, 0.15) is 17.5 Å². The zero-order valence-electron chi connectivity index (χ0n) is 9.29. The van der Waals surface area contributed by atoms with Gasteiger partial charge in [0, 0.05) is 31.1 Å². The molecule has 0 spiro atoms. The Morgan fingerprint density at radius 3 is 3.06 bits per heavy atom. The molecule has 86 valence electrons. The molecule has 4 heteroatoms. The van der Waals surface area contributed by atoms with Gasteiger partial charge in [-0.3, -0.25) is 4.79 Å². The fraction of sp³-hybridized carbons (Fsp3) is 0.417. The molecule has 0 aliphatic carbocycles. The Balaban J connectivity index is 1.94. The van der Waals surface area contributed by atoms with Gasteiger partial charge in [-0.25, -0.2) is 0 Å². The lowest BCUT2D eigenvalue weighted by molar-refractivity contribution is -0.119. The van der Waals surface area contributed by atoms with Crippen molar-refractivity contribution in [1.82, 2.24) is 10.6 Å². The molecule has 1 aromatic rings. The predicted octanol–water partition coefficient (Wildman–Crippen LogP) is 0.679. The molecule has 1 aliphatic rings. The minimum absolute atomic E-state index is 0.0889. The molecule has 1 saturated heterocycles. The maximum absolute atomic E-state index is 11.0. The molecular formula is C12H16N2O2. The molecule has 1 fully saturated rings. The number of nitrogens with one attached hydrogen (secondary N) is 2. The Morgan fingerprint density at radius 1 is 1.56 bits per heavy atom. The van der Waals surface area contributed by atoms with Gasteiger partial charge in [0.15, 0.2) is 0 Å². The van der Waals surface area contributed by atoms with Gasteiger partial charge in [-0.05, 0) is 12.5 Å². The van der Waals surface area contributed by atoms with Crippen LogP contribution in [0.25, 0.3) is 0 Å². The molecule has 1 amide bonds. The summed E-state index contributed by atoms with van der Waals surface area (Å²) in [5, 5.41) is 15.8. The summed E-state index contributed by atoms with van der Waals surface area (Å²) in [6.07, 6.45) is 0.520.